The largest absolute Gasteiger partial charge is 0.508 e. The van der Waals surface area contributed by atoms with Crippen molar-refractivity contribution in [1.82, 2.24) is 57.3 Å². The molecule has 9 amide bonds. The Balaban J connectivity index is 1.14. The normalized spacial score (nSPS) is 15.4. The Labute approximate surface area is 788 Å². The van der Waals surface area contributed by atoms with E-state index in [9.17, 15) is 107 Å². The predicted molar refractivity (Wildman–Crippen MR) is 491 cm³/mol. The zero-order valence-electron chi connectivity index (χ0n) is 76.5. The molecule has 3 aromatic carbocycles. The number of nitrogens with one attached hydrogen (secondary N) is 8. The van der Waals surface area contributed by atoms with Gasteiger partial charge in [0.25, 0.3) is 12.4 Å². The van der Waals surface area contributed by atoms with Crippen LogP contribution >= 0.6 is 32.9 Å². The molecule has 0 bridgehead atoms. The first-order chi connectivity index (χ1) is 63.7. The van der Waals surface area contributed by atoms with Crippen LogP contribution in [0.4, 0.5) is 9.59 Å². The molecule has 134 heavy (non-hydrogen) atoms. The summed E-state index contributed by atoms with van der Waals surface area (Å²) in [5, 5.41) is 69.9. The van der Waals surface area contributed by atoms with Crippen LogP contribution in [-0.2, 0) is 115 Å². The predicted octanol–water partition coefficient (Wildman–Crippen LogP) is 6.16. The van der Waals surface area contributed by atoms with Gasteiger partial charge in [0.2, 0.25) is 29.5 Å². The highest BCUT2D eigenvalue weighted by Gasteiger charge is 2.41. The molecule has 14 atom stereocenters. The number of ketones is 4. The summed E-state index contributed by atoms with van der Waals surface area (Å²) in [6, 6.07) is 13.8. The van der Waals surface area contributed by atoms with Crippen LogP contribution in [0.5, 0.6) is 5.75 Å². The molecule has 43 heteroatoms. The van der Waals surface area contributed by atoms with Crippen molar-refractivity contribution < 1.29 is 136 Å². The van der Waals surface area contributed by atoms with Crippen LogP contribution in [0.25, 0.3) is 0 Å². The van der Waals surface area contributed by atoms with Crippen molar-refractivity contribution in [3.8, 4) is 5.75 Å². The van der Waals surface area contributed by atoms with Crippen molar-refractivity contribution in [3.63, 3.8) is 0 Å². The number of ether oxygens (including phenoxy) is 4. The van der Waals surface area contributed by atoms with Crippen molar-refractivity contribution in [2.24, 2.45) is 41.2 Å². The quantitative estimate of drug-likeness (QED) is 0.00587. The summed E-state index contributed by atoms with van der Waals surface area (Å²) in [6.07, 6.45) is -4.27. The first-order valence-corrected chi connectivity index (χ1v) is 47.7. The van der Waals surface area contributed by atoms with Gasteiger partial charge >= 0.3 is 47.9 Å². The molecule has 1 unspecified atom stereocenters. The van der Waals surface area contributed by atoms with Crippen LogP contribution < -0.4 is 48.3 Å². The first-order valence-electron chi connectivity index (χ1n) is 44.4. The summed E-state index contributed by atoms with van der Waals surface area (Å²) >= 11 is 1.03. The highest BCUT2D eigenvalue weighted by molar-refractivity contribution is 8.76. The highest BCUT2D eigenvalue weighted by Crippen LogP contribution is 2.35. The number of carboxylic acids is 4. The number of hydrogen-bond donors (Lipinski definition) is 14. The number of carboxylic acid groups (broad SMARTS) is 4. The highest BCUT2D eigenvalue weighted by atomic mass is 33.1. The van der Waals surface area contributed by atoms with Crippen LogP contribution in [0.3, 0.4) is 0 Å². The molecule has 5 rings (SSSR count). The topological polar surface area (TPSA) is 604 Å². The van der Waals surface area contributed by atoms with Crippen LogP contribution in [0.15, 0.2) is 90.3 Å². The molecular weight excluding hydrogens is 1810 g/mol. The molecule has 2 heterocycles. The number of phenols is 1. The molecule has 4 aromatic rings. The Morgan fingerprint density at radius 3 is 1.92 bits per heavy atom. The molecule has 1 aliphatic heterocycles. The van der Waals surface area contributed by atoms with E-state index in [1.165, 1.54) is 29.3 Å². The summed E-state index contributed by atoms with van der Waals surface area (Å²) in [6.45, 7) is 10.8. The van der Waals surface area contributed by atoms with Crippen LogP contribution in [0.1, 0.15) is 196 Å². The van der Waals surface area contributed by atoms with Gasteiger partial charge in [-0.15, -0.1) is 11.3 Å². The summed E-state index contributed by atoms with van der Waals surface area (Å²) < 4.78 is 21.6. The fourth-order valence-electron chi connectivity index (χ4n) is 14.6. The molecule has 0 saturated carbocycles. The summed E-state index contributed by atoms with van der Waals surface area (Å²) in [5.74, 6) is -18.5. The molecule has 1 aromatic heterocycles. The van der Waals surface area contributed by atoms with E-state index >= 15 is 4.79 Å². The van der Waals surface area contributed by atoms with Crippen molar-refractivity contribution in [2.45, 2.75) is 232 Å². The maximum Gasteiger partial charge on any atom is 0.407 e. The Hall–Kier alpha value is -12.0. The van der Waals surface area contributed by atoms with Gasteiger partial charge in [0, 0.05) is 118 Å². The molecule has 1 saturated heterocycles. The maximum absolute atomic E-state index is 15.1. The number of rotatable bonds is 64. The lowest BCUT2D eigenvalue weighted by molar-refractivity contribution is -0.162. The van der Waals surface area contributed by atoms with Crippen molar-refractivity contribution in [3.05, 3.63) is 118 Å². The number of phenolic OH excluding ortho intramolecular Hbond substituents is 1. The third-order valence-corrected chi connectivity index (χ3v) is 25.7. The van der Waals surface area contributed by atoms with E-state index in [1.807, 2.05) is 46.6 Å². The van der Waals surface area contributed by atoms with Crippen LogP contribution in [-0.4, -0.2) is 260 Å². The summed E-state index contributed by atoms with van der Waals surface area (Å²) in [5.41, 5.74) is 8.03. The number of aromatic nitrogens is 1. The Morgan fingerprint density at radius 2 is 1.31 bits per heavy atom. The minimum Gasteiger partial charge on any atom is -0.508 e. The Bertz CT molecular complexity index is 4590. The Kier molecular flexibility index (Phi) is 50.1. The van der Waals surface area contributed by atoms with E-state index in [4.69, 9.17) is 25.1 Å². The van der Waals surface area contributed by atoms with Gasteiger partial charge in [0.15, 0.2) is 42.2 Å². The average molecular weight is 1930 g/mol. The standard InChI is InChI=1S/C91H126N12O28S3/c1-9-19-82(117)129-51-103(87(121)64(54(5)10-2)44-74(109)70-24-17-18-35-102(70)8)71(53(3)4)46-76(131-56(7)105)86-99-69(50-132-86)85(120)96-62(40-59-25-27-63(106)28-26-59)38-55(6)75(110)48-95-91(127)128-36-37-133-134-49-61(88(122)123)43-73(108)68(45-81(115)116)98-84(119)65(92)47-94-83(118)60(39-57-20-13-11-14-21-57)42-72(107)67(41-58-22-15-12-16-23-58)97-78(112)33-34-93-77(111)30-29-66(89(124)125)100-90(126)101-79(130-52-104)31-32-80(113)114/h11-16,20-23,25-28,50,52-55,60-62,64-68,70-71,76,79,106H,9-10,17-19,24,29-49,51,92H2,1-8H3,(H,93,111)(H,94,118)(H,95,127)(H,96,120)(H,97,112)(H,98,119)(H,113,114)(H,115,116)(H,122,123)(H,124,125)(H2,100,101,126)/t54?,55-,60+,61+,62+,64-,65-,66-,67-,68-,70+,71+,76+,79+/m0/s1. The molecule has 1 fully saturated rings. The number of amides is 9. The zero-order valence-corrected chi connectivity index (χ0v) is 78.9. The van der Waals surface area contributed by atoms with Crippen molar-refractivity contribution in [1.29, 1.82) is 0 Å². The lowest BCUT2D eigenvalue weighted by atomic mass is 9.82. The number of likely N-dealkylation sites (N-methyl/N-ethyl adjacent to an activating group) is 1. The third-order valence-electron chi connectivity index (χ3n) is 22.3. The molecule has 0 spiro atoms. The molecule has 736 valence electrons. The number of nitrogens with zero attached hydrogens (tertiary/aromatic N) is 3. The van der Waals surface area contributed by atoms with Crippen LogP contribution in [0, 0.1) is 35.5 Å². The molecular formula is C91H126N12O28S3. The average Bonchev–Trinajstić information content (AvgIpc) is 1.51. The number of nitrogens with two attached hydrogens (primary N) is 1. The number of esters is 2. The molecule has 40 nitrogen and oxygen atoms in total. The minimum absolute atomic E-state index is 0.0192. The molecule has 0 radical (unpaired) electrons. The second-order valence-corrected chi connectivity index (χ2v) is 36.7. The second kappa shape index (κ2) is 59.6. The molecule has 0 aliphatic carbocycles. The Morgan fingerprint density at radius 1 is 0.649 bits per heavy atom. The van der Waals surface area contributed by atoms with E-state index in [2.05, 4.69) is 52.3 Å². The minimum atomic E-state index is -1.80. The van der Waals surface area contributed by atoms with Crippen molar-refractivity contribution in [2.75, 3.05) is 58.1 Å². The smallest absolute Gasteiger partial charge is 0.407 e. The van der Waals surface area contributed by atoms with Gasteiger partial charge in [0.05, 0.1) is 43.4 Å². The van der Waals surface area contributed by atoms with E-state index in [0.29, 0.717) is 36.0 Å². The molecule has 15 N–H and O–H groups in total. The monoisotopic (exact) mass is 1930 g/mol. The summed E-state index contributed by atoms with van der Waals surface area (Å²) in [7, 11) is 3.93. The number of likely N-dealkylation sites (tertiary alicyclic amines) is 1. The van der Waals surface area contributed by atoms with E-state index in [-0.39, 0.29) is 123 Å². The third kappa shape index (κ3) is 41.7. The number of carbonyl (C=O) groups is 19. The maximum atomic E-state index is 15.1. The lowest BCUT2D eigenvalue weighted by Gasteiger charge is -2.39. The van der Waals surface area contributed by atoms with Gasteiger partial charge in [-0.25, -0.2) is 19.4 Å². The number of alkyl carbamates (subject to hydrolysis) is 1. The number of urea groups is 1. The van der Waals surface area contributed by atoms with Gasteiger partial charge in [-0.3, -0.25) is 81.6 Å². The first kappa shape index (κ1) is 113. The van der Waals surface area contributed by atoms with Gasteiger partial charge in [0.1, 0.15) is 35.1 Å². The number of benzene rings is 3. The summed E-state index contributed by atoms with van der Waals surface area (Å²) in [4.78, 5) is 257. The number of hydrogen-bond acceptors (Lipinski definition) is 30. The van der Waals surface area contributed by atoms with Crippen LogP contribution in [0.2, 0.25) is 0 Å². The number of aromatic hydroxyl groups is 1. The number of Topliss-reactive ketones (excluding diaryl/α,β-unsaturated/α-hetero) is 4. The number of carbonyl (C=O) groups excluding carboxylic acids is 15. The number of thiazole rings is 1. The van der Waals surface area contributed by atoms with Gasteiger partial charge in [-0.05, 0) is 106 Å². The lowest BCUT2D eigenvalue weighted by Crippen LogP contribution is -2.53. The fourth-order valence-corrected chi connectivity index (χ4v) is 17.6. The van der Waals surface area contributed by atoms with Gasteiger partial charge in [-0.2, -0.15) is 0 Å². The fraction of sp³-hybridized carbons (Fsp3) is 0.560. The van der Waals surface area contributed by atoms with E-state index < -0.39 is 238 Å². The second-order valence-electron chi connectivity index (χ2n) is 33.2. The van der Waals surface area contributed by atoms with Gasteiger partial charge in [-0.1, -0.05) is 149 Å². The van der Waals surface area contributed by atoms with E-state index in [0.717, 1.165) is 52.3 Å². The van der Waals surface area contributed by atoms with E-state index in [1.54, 1.807) is 79.7 Å². The SMILES string of the molecule is CCCC(=O)OCN(C(=O)[C@@H](CC(=O)[C@H]1CCCCN1C)C(C)CC)[C@H](C[C@@H](OC(C)=O)c1nc(C(=O)N[C@@H](Cc2ccc(O)cc2)C[C@H](C)C(=O)CNC(=O)OCCSSC[C@@H](CC(=O)[C@H](CC(=O)O)NC(=O)[C@@H](N)CNC(=O)[C@@H](CC(=O)[C@H](Cc2ccccc2)NC(=O)CCNC(=O)CC[C@H](NC(=O)N[C@@H](CCC(=O)O)OC=O)C(=O)O)Cc2ccccc2)C(=O)O)cs1)C(C)C. The number of aliphatic carboxylic acids is 4. The number of piperidine rings is 1. The van der Waals surface area contributed by atoms with Crippen molar-refractivity contribution >= 4 is 146 Å². The zero-order chi connectivity index (χ0) is 99.1. The van der Waals surface area contributed by atoms with Gasteiger partial charge < -0.3 is 97.6 Å². The molecule has 1 aliphatic rings.